The smallest absolute Gasteiger partial charge is 0.226 e. The zero-order valence-corrected chi connectivity index (χ0v) is 15.6. The predicted molar refractivity (Wildman–Crippen MR) is 96.2 cm³/mol. The first-order valence-electron chi connectivity index (χ1n) is 8.84. The average molecular weight is 337 g/mol. The van der Waals surface area contributed by atoms with Crippen LogP contribution in [0.1, 0.15) is 87.5 Å². The largest absolute Gasteiger partial charge is 0.374 e. The molecule has 128 valence electrons. The Morgan fingerprint density at radius 3 is 2.09 bits per heavy atom. The summed E-state index contributed by atoms with van der Waals surface area (Å²) in [6.45, 7) is 9.35. The van der Waals surface area contributed by atoms with E-state index in [9.17, 15) is 4.79 Å². The van der Waals surface area contributed by atoms with E-state index in [0.717, 1.165) is 5.56 Å². The van der Waals surface area contributed by atoms with Crippen LogP contribution in [0.5, 0.6) is 0 Å². The van der Waals surface area contributed by atoms with Gasteiger partial charge in [0, 0.05) is 6.42 Å². The Hall–Kier alpha value is -0.860. The molecule has 0 atom stereocenters. The Kier molecular flexibility index (Phi) is 6.67. The molecule has 0 aliphatic heterocycles. The van der Waals surface area contributed by atoms with Gasteiger partial charge >= 0.3 is 0 Å². The maximum Gasteiger partial charge on any atom is 0.226 e. The van der Waals surface area contributed by atoms with Crippen molar-refractivity contribution in [3.8, 4) is 0 Å². The molecule has 0 heterocycles. The summed E-state index contributed by atoms with van der Waals surface area (Å²) < 4.78 is 6.09. The summed E-state index contributed by atoms with van der Waals surface area (Å²) in [6, 6.07) is 4.42. The lowest BCUT2D eigenvalue weighted by molar-refractivity contribution is -0.111. The molecule has 2 nitrogen and oxygen atoms in total. The second kappa shape index (κ2) is 8.30. The quantitative estimate of drug-likeness (QED) is 0.597. The third-order valence-electron chi connectivity index (χ3n) is 4.73. The maximum atomic E-state index is 11.5. The van der Waals surface area contributed by atoms with Crippen molar-refractivity contribution in [1.82, 2.24) is 0 Å². The Bertz CT molecular complexity index is 514. The van der Waals surface area contributed by atoms with Gasteiger partial charge in [0.25, 0.3) is 0 Å². The van der Waals surface area contributed by atoms with Crippen LogP contribution in [-0.2, 0) is 22.6 Å². The molecule has 0 unspecified atom stereocenters. The van der Waals surface area contributed by atoms with E-state index in [2.05, 4.69) is 39.8 Å². The lowest BCUT2D eigenvalue weighted by Crippen LogP contribution is -2.11. The minimum atomic E-state index is -0.288. The molecule has 1 aliphatic rings. The Morgan fingerprint density at radius 2 is 1.65 bits per heavy atom. The average Bonchev–Trinajstić information content (AvgIpc) is 2.98. The molecule has 1 aromatic carbocycles. The Morgan fingerprint density at radius 1 is 1.13 bits per heavy atom. The van der Waals surface area contributed by atoms with Gasteiger partial charge in [0.1, 0.15) is 0 Å². The van der Waals surface area contributed by atoms with Crippen molar-refractivity contribution >= 4 is 16.8 Å². The second-order valence-electron chi connectivity index (χ2n) is 7.31. The van der Waals surface area contributed by atoms with Crippen LogP contribution in [0.15, 0.2) is 12.1 Å². The summed E-state index contributed by atoms with van der Waals surface area (Å²) in [5, 5.41) is -0.288. The van der Waals surface area contributed by atoms with E-state index in [1.165, 1.54) is 42.4 Å². The van der Waals surface area contributed by atoms with Gasteiger partial charge in [-0.15, -0.1) is 0 Å². The molecular weight excluding hydrogens is 308 g/mol. The van der Waals surface area contributed by atoms with E-state index in [4.69, 9.17) is 16.3 Å². The first-order valence-corrected chi connectivity index (χ1v) is 9.21. The number of rotatable bonds is 7. The summed E-state index contributed by atoms with van der Waals surface area (Å²) in [5.41, 5.74) is 4.79. The van der Waals surface area contributed by atoms with Gasteiger partial charge in [-0.1, -0.05) is 52.7 Å². The molecule has 1 aromatic rings. The van der Waals surface area contributed by atoms with Crippen LogP contribution in [0.25, 0.3) is 0 Å². The number of ether oxygens (including phenoxy) is 1. The summed E-state index contributed by atoms with van der Waals surface area (Å²) in [5.74, 6) is 0.731. The number of hydrogen-bond acceptors (Lipinski definition) is 2. The van der Waals surface area contributed by atoms with Crippen LogP contribution in [0.4, 0.5) is 0 Å². The highest BCUT2D eigenvalue weighted by atomic mass is 35.5. The number of carbonyl (C=O) groups excluding carboxylic acids is 1. The second-order valence-corrected chi connectivity index (χ2v) is 7.73. The zero-order valence-electron chi connectivity index (χ0n) is 14.8. The minimum Gasteiger partial charge on any atom is -0.374 e. The third kappa shape index (κ3) is 5.06. The molecule has 0 radical (unpaired) electrons. The van der Waals surface area contributed by atoms with Crippen LogP contribution in [0.3, 0.4) is 0 Å². The van der Waals surface area contributed by atoms with Gasteiger partial charge in [-0.2, -0.15) is 0 Å². The molecule has 0 N–H and O–H groups in total. The van der Waals surface area contributed by atoms with Gasteiger partial charge in [0.15, 0.2) is 0 Å². The van der Waals surface area contributed by atoms with Crippen molar-refractivity contribution < 1.29 is 9.53 Å². The molecular formula is C20H29ClO2. The van der Waals surface area contributed by atoms with Gasteiger partial charge in [-0.3, -0.25) is 4.79 Å². The van der Waals surface area contributed by atoms with Crippen LogP contribution in [0, 0.1) is 0 Å². The fourth-order valence-corrected chi connectivity index (χ4v) is 3.64. The summed E-state index contributed by atoms with van der Waals surface area (Å²) >= 11 is 5.69. The van der Waals surface area contributed by atoms with Crippen LogP contribution >= 0.6 is 11.6 Å². The Labute approximate surface area is 145 Å². The van der Waals surface area contributed by atoms with Gasteiger partial charge in [0.2, 0.25) is 5.24 Å². The van der Waals surface area contributed by atoms with E-state index in [0.29, 0.717) is 31.0 Å². The number of hydrogen-bond donors (Lipinski definition) is 0. The highest BCUT2D eigenvalue weighted by molar-refractivity contribution is 6.63. The van der Waals surface area contributed by atoms with Gasteiger partial charge < -0.3 is 4.74 Å². The van der Waals surface area contributed by atoms with Crippen molar-refractivity contribution in [2.75, 3.05) is 0 Å². The van der Waals surface area contributed by atoms with Crippen LogP contribution in [-0.4, -0.2) is 11.3 Å². The molecule has 23 heavy (non-hydrogen) atoms. The summed E-state index contributed by atoms with van der Waals surface area (Å²) in [4.78, 5) is 11.5. The molecule has 0 spiro atoms. The van der Waals surface area contributed by atoms with E-state index < -0.39 is 0 Å². The summed E-state index contributed by atoms with van der Waals surface area (Å²) in [6.07, 6.45) is 5.68. The molecule has 0 aromatic heterocycles. The lowest BCUT2D eigenvalue weighted by atomic mass is 9.85. The van der Waals surface area contributed by atoms with E-state index in [1.807, 2.05) is 0 Å². The summed E-state index contributed by atoms with van der Waals surface area (Å²) in [7, 11) is 0. The molecule has 0 amide bonds. The van der Waals surface area contributed by atoms with Crippen molar-refractivity contribution in [1.29, 1.82) is 0 Å². The monoisotopic (exact) mass is 336 g/mol. The molecule has 1 aliphatic carbocycles. The van der Waals surface area contributed by atoms with Crippen LogP contribution in [0.2, 0.25) is 0 Å². The van der Waals surface area contributed by atoms with Gasteiger partial charge in [0.05, 0.1) is 12.7 Å². The third-order valence-corrected chi connectivity index (χ3v) is 4.86. The number of benzene rings is 1. The van der Waals surface area contributed by atoms with Gasteiger partial charge in [-0.25, -0.2) is 0 Å². The van der Waals surface area contributed by atoms with Crippen molar-refractivity contribution in [2.24, 2.45) is 0 Å². The molecule has 0 saturated heterocycles. The number of carbonyl (C=O) groups is 1. The van der Waals surface area contributed by atoms with E-state index in [1.54, 1.807) is 0 Å². The lowest BCUT2D eigenvalue weighted by Gasteiger charge is -2.21. The fraction of sp³-hybridized carbons (Fsp3) is 0.650. The Balaban J connectivity index is 2.30. The van der Waals surface area contributed by atoms with Crippen LogP contribution < -0.4 is 0 Å². The van der Waals surface area contributed by atoms with Gasteiger partial charge in [-0.05, 0) is 58.5 Å². The first kappa shape index (κ1) is 18.5. The fourth-order valence-electron chi connectivity index (χ4n) is 3.51. The SMILES string of the molecule is CC(C)c1cc(COC2CCCC2)cc(C(C)C)c1CC(=O)Cl. The van der Waals surface area contributed by atoms with E-state index >= 15 is 0 Å². The maximum absolute atomic E-state index is 11.5. The molecule has 1 fully saturated rings. The standard InChI is InChI=1S/C20H29ClO2/c1-13(2)17-9-15(12-23-16-7-5-6-8-16)10-18(14(3)4)19(17)11-20(21)22/h9-10,13-14,16H,5-8,11-12H2,1-4H3. The highest BCUT2D eigenvalue weighted by Crippen LogP contribution is 2.31. The van der Waals surface area contributed by atoms with E-state index in [-0.39, 0.29) is 5.24 Å². The molecule has 2 rings (SSSR count). The number of halogens is 1. The molecule has 3 heteroatoms. The minimum absolute atomic E-state index is 0.288. The highest BCUT2D eigenvalue weighted by Gasteiger charge is 2.19. The molecule has 1 saturated carbocycles. The van der Waals surface area contributed by atoms with Crippen molar-refractivity contribution in [3.05, 3.63) is 34.4 Å². The zero-order chi connectivity index (χ0) is 17.0. The normalized spacial score (nSPS) is 15.8. The van der Waals surface area contributed by atoms with Crippen molar-refractivity contribution in [2.45, 2.75) is 84.3 Å². The predicted octanol–water partition coefficient (Wildman–Crippen LogP) is 5.70. The van der Waals surface area contributed by atoms with Crippen molar-refractivity contribution in [3.63, 3.8) is 0 Å². The molecule has 0 bridgehead atoms. The topological polar surface area (TPSA) is 26.3 Å². The first-order chi connectivity index (χ1) is 10.9.